The van der Waals surface area contributed by atoms with Gasteiger partial charge in [-0.2, -0.15) is 0 Å². The summed E-state index contributed by atoms with van der Waals surface area (Å²) in [5, 5.41) is 3.26. The van der Waals surface area contributed by atoms with Crippen molar-refractivity contribution in [3.8, 4) is 5.75 Å². The third kappa shape index (κ3) is 4.49. The van der Waals surface area contributed by atoms with Crippen LogP contribution in [0.4, 0.5) is 4.39 Å². The first-order chi connectivity index (χ1) is 7.49. The van der Waals surface area contributed by atoms with Gasteiger partial charge in [0, 0.05) is 18.7 Å². The van der Waals surface area contributed by atoms with Crippen LogP contribution in [0.25, 0.3) is 0 Å². The largest absolute Gasteiger partial charge is 0.489 e. The van der Waals surface area contributed by atoms with Crippen LogP contribution < -0.4 is 10.1 Å². The van der Waals surface area contributed by atoms with Gasteiger partial charge in [-0.05, 0) is 35.0 Å². The quantitative estimate of drug-likeness (QED) is 0.898. The van der Waals surface area contributed by atoms with Crippen LogP contribution >= 0.6 is 15.9 Å². The maximum Gasteiger partial charge on any atom is 0.141 e. The van der Waals surface area contributed by atoms with E-state index in [4.69, 9.17) is 4.74 Å². The Bertz CT molecular complexity index is 344. The van der Waals surface area contributed by atoms with Gasteiger partial charge in [0.15, 0.2) is 0 Å². The molecule has 1 rings (SSSR count). The van der Waals surface area contributed by atoms with Gasteiger partial charge >= 0.3 is 0 Å². The van der Waals surface area contributed by atoms with Gasteiger partial charge in [0.25, 0.3) is 0 Å². The molecule has 0 saturated heterocycles. The molecule has 16 heavy (non-hydrogen) atoms. The minimum absolute atomic E-state index is 0.0166. The molecule has 0 aliphatic carbocycles. The molecule has 1 N–H and O–H groups in total. The average Bonchev–Trinajstić information content (AvgIpc) is 2.21. The van der Waals surface area contributed by atoms with Crippen molar-refractivity contribution in [3.05, 3.63) is 28.5 Å². The molecule has 1 aromatic carbocycles. The molecule has 0 aromatic heterocycles. The molecule has 0 radical (unpaired) electrons. The van der Waals surface area contributed by atoms with Crippen molar-refractivity contribution in [1.29, 1.82) is 0 Å². The van der Waals surface area contributed by atoms with Crippen molar-refractivity contribution in [3.63, 3.8) is 0 Å². The highest BCUT2D eigenvalue weighted by Crippen LogP contribution is 2.21. The molecule has 0 bridgehead atoms. The molecule has 0 spiro atoms. The molecule has 0 heterocycles. The minimum atomic E-state index is -0.304. The van der Waals surface area contributed by atoms with Gasteiger partial charge in [0.1, 0.15) is 17.7 Å². The lowest BCUT2D eigenvalue weighted by Crippen LogP contribution is -2.33. The van der Waals surface area contributed by atoms with Gasteiger partial charge in [-0.3, -0.25) is 0 Å². The van der Waals surface area contributed by atoms with E-state index in [9.17, 15) is 4.39 Å². The Balaban J connectivity index is 2.49. The predicted octanol–water partition coefficient (Wildman–Crippen LogP) is 3.35. The first kappa shape index (κ1) is 13.5. The fourth-order valence-electron chi connectivity index (χ4n) is 1.23. The molecule has 0 saturated carbocycles. The lowest BCUT2D eigenvalue weighted by Gasteiger charge is -2.17. The third-order valence-corrected chi connectivity index (χ3v) is 2.69. The SMILES string of the molecule is CC(C)NCC(C)Oc1ccc(Br)c(F)c1. The van der Waals surface area contributed by atoms with Crippen LogP contribution in [-0.2, 0) is 0 Å². The van der Waals surface area contributed by atoms with E-state index in [0.717, 1.165) is 6.54 Å². The van der Waals surface area contributed by atoms with Gasteiger partial charge in [0.2, 0.25) is 0 Å². The number of ether oxygens (including phenoxy) is 1. The first-order valence-electron chi connectivity index (χ1n) is 5.34. The van der Waals surface area contributed by atoms with E-state index < -0.39 is 0 Å². The van der Waals surface area contributed by atoms with Crippen LogP contribution in [0.3, 0.4) is 0 Å². The summed E-state index contributed by atoms with van der Waals surface area (Å²) in [7, 11) is 0. The number of benzene rings is 1. The molecule has 1 aromatic rings. The lowest BCUT2D eigenvalue weighted by atomic mass is 10.3. The highest BCUT2D eigenvalue weighted by molar-refractivity contribution is 9.10. The van der Waals surface area contributed by atoms with E-state index in [1.165, 1.54) is 6.07 Å². The van der Waals surface area contributed by atoms with Crippen molar-refractivity contribution in [1.82, 2.24) is 5.32 Å². The Hall–Kier alpha value is -0.610. The first-order valence-corrected chi connectivity index (χ1v) is 6.13. The molecule has 1 atom stereocenters. The molecule has 2 nitrogen and oxygen atoms in total. The fourth-order valence-corrected chi connectivity index (χ4v) is 1.47. The summed E-state index contributed by atoms with van der Waals surface area (Å²) in [6.07, 6.45) is 0.0166. The van der Waals surface area contributed by atoms with E-state index in [2.05, 4.69) is 35.1 Å². The standard InChI is InChI=1S/C12H17BrFNO/c1-8(2)15-7-9(3)16-10-4-5-11(13)12(14)6-10/h4-6,8-9,15H,7H2,1-3H3. The molecule has 0 aliphatic heterocycles. The van der Waals surface area contributed by atoms with E-state index in [1.54, 1.807) is 12.1 Å². The normalized spacial score (nSPS) is 12.9. The second-order valence-corrected chi connectivity index (χ2v) is 4.92. The monoisotopic (exact) mass is 289 g/mol. The number of hydrogen-bond donors (Lipinski definition) is 1. The summed E-state index contributed by atoms with van der Waals surface area (Å²) in [6.45, 7) is 6.85. The van der Waals surface area contributed by atoms with Crippen molar-refractivity contribution in [2.75, 3.05) is 6.54 Å². The average molecular weight is 290 g/mol. The molecule has 0 fully saturated rings. The minimum Gasteiger partial charge on any atom is -0.489 e. The predicted molar refractivity (Wildman–Crippen MR) is 67.3 cm³/mol. The van der Waals surface area contributed by atoms with E-state index in [0.29, 0.717) is 16.3 Å². The van der Waals surface area contributed by atoms with E-state index in [1.807, 2.05) is 6.92 Å². The zero-order valence-electron chi connectivity index (χ0n) is 9.76. The molecule has 0 amide bonds. The van der Waals surface area contributed by atoms with Gasteiger partial charge in [-0.25, -0.2) is 4.39 Å². The van der Waals surface area contributed by atoms with E-state index in [-0.39, 0.29) is 11.9 Å². The highest BCUT2D eigenvalue weighted by Gasteiger charge is 2.06. The summed E-state index contributed by atoms with van der Waals surface area (Å²) >= 11 is 3.10. The Morgan fingerprint density at radius 3 is 2.62 bits per heavy atom. The van der Waals surface area contributed by atoms with Crippen LogP contribution in [-0.4, -0.2) is 18.7 Å². The lowest BCUT2D eigenvalue weighted by molar-refractivity contribution is 0.213. The second-order valence-electron chi connectivity index (χ2n) is 4.07. The molecular weight excluding hydrogens is 273 g/mol. The Morgan fingerprint density at radius 2 is 2.06 bits per heavy atom. The third-order valence-electron chi connectivity index (χ3n) is 2.04. The second kappa shape index (κ2) is 6.21. The van der Waals surface area contributed by atoms with Crippen LogP contribution in [0.5, 0.6) is 5.75 Å². The zero-order valence-corrected chi connectivity index (χ0v) is 11.3. The molecular formula is C12H17BrFNO. The smallest absolute Gasteiger partial charge is 0.141 e. The summed E-state index contributed by atoms with van der Waals surface area (Å²) < 4.78 is 19.2. The molecule has 1 unspecified atom stereocenters. The number of nitrogens with one attached hydrogen (secondary N) is 1. The van der Waals surface area contributed by atoms with Gasteiger partial charge in [-0.1, -0.05) is 13.8 Å². The Labute approximate surface area is 104 Å². The van der Waals surface area contributed by atoms with Gasteiger partial charge in [0.05, 0.1) is 4.47 Å². The van der Waals surface area contributed by atoms with Crippen molar-refractivity contribution < 1.29 is 9.13 Å². The summed E-state index contributed by atoms with van der Waals surface area (Å²) in [4.78, 5) is 0. The summed E-state index contributed by atoms with van der Waals surface area (Å²) in [6, 6.07) is 5.20. The maximum atomic E-state index is 13.2. The van der Waals surface area contributed by atoms with Crippen molar-refractivity contribution in [2.45, 2.75) is 32.9 Å². The molecule has 0 aliphatic rings. The summed E-state index contributed by atoms with van der Waals surface area (Å²) in [5.41, 5.74) is 0. The molecule has 4 heteroatoms. The number of hydrogen-bond acceptors (Lipinski definition) is 2. The number of rotatable bonds is 5. The Kier molecular flexibility index (Phi) is 5.22. The van der Waals surface area contributed by atoms with Crippen LogP contribution in [0.1, 0.15) is 20.8 Å². The Morgan fingerprint density at radius 1 is 1.38 bits per heavy atom. The van der Waals surface area contributed by atoms with Gasteiger partial charge < -0.3 is 10.1 Å². The fraction of sp³-hybridized carbons (Fsp3) is 0.500. The highest BCUT2D eigenvalue weighted by atomic mass is 79.9. The maximum absolute atomic E-state index is 13.2. The number of halogens is 2. The van der Waals surface area contributed by atoms with Crippen molar-refractivity contribution in [2.24, 2.45) is 0 Å². The summed E-state index contributed by atoms with van der Waals surface area (Å²) in [5.74, 6) is 0.250. The topological polar surface area (TPSA) is 21.3 Å². The van der Waals surface area contributed by atoms with Gasteiger partial charge in [-0.15, -0.1) is 0 Å². The zero-order chi connectivity index (χ0) is 12.1. The van der Waals surface area contributed by atoms with E-state index >= 15 is 0 Å². The van der Waals surface area contributed by atoms with Crippen LogP contribution in [0.15, 0.2) is 22.7 Å². The van der Waals surface area contributed by atoms with Crippen LogP contribution in [0.2, 0.25) is 0 Å². The molecule has 90 valence electrons. The van der Waals surface area contributed by atoms with Crippen molar-refractivity contribution >= 4 is 15.9 Å². The van der Waals surface area contributed by atoms with Crippen LogP contribution in [0, 0.1) is 5.82 Å².